The summed E-state index contributed by atoms with van der Waals surface area (Å²) in [6.45, 7) is 1.26. The molecular weight excluding hydrogens is 263 g/mol. The third kappa shape index (κ3) is 3.33. The molecule has 1 aliphatic rings. The highest BCUT2D eigenvalue weighted by atomic mass is 19.1. The fourth-order valence-electron chi connectivity index (χ4n) is 2.16. The van der Waals surface area contributed by atoms with Crippen LogP contribution < -0.4 is 5.32 Å². The van der Waals surface area contributed by atoms with Gasteiger partial charge in [-0.1, -0.05) is 12.1 Å². The first-order chi connectivity index (χ1) is 9.61. The van der Waals surface area contributed by atoms with Gasteiger partial charge in [-0.05, 0) is 12.1 Å². The number of ether oxygens (including phenoxy) is 1. The van der Waals surface area contributed by atoms with E-state index < -0.39 is 11.7 Å². The third-order valence-corrected chi connectivity index (χ3v) is 3.28. The van der Waals surface area contributed by atoms with Gasteiger partial charge in [0.2, 0.25) is 11.8 Å². The number of hydrogen-bond donors (Lipinski definition) is 1. The van der Waals surface area contributed by atoms with Gasteiger partial charge < -0.3 is 15.0 Å². The Kier molecular flexibility index (Phi) is 4.68. The summed E-state index contributed by atoms with van der Waals surface area (Å²) in [6.07, 6.45) is 0.157. The maximum absolute atomic E-state index is 13.4. The monoisotopic (exact) mass is 280 g/mol. The van der Waals surface area contributed by atoms with Crippen molar-refractivity contribution in [2.45, 2.75) is 6.42 Å². The molecule has 0 spiro atoms. The topological polar surface area (TPSA) is 58.6 Å². The van der Waals surface area contributed by atoms with Crippen molar-refractivity contribution in [3.63, 3.8) is 0 Å². The molecule has 1 aromatic rings. The van der Waals surface area contributed by atoms with Crippen LogP contribution in [0, 0.1) is 11.7 Å². The molecule has 0 bridgehead atoms. The molecule has 0 radical (unpaired) electrons. The van der Waals surface area contributed by atoms with Gasteiger partial charge in [0.05, 0.1) is 18.2 Å². The van der Waals surface area contributed by atoms with Crippen LogP contribution in [0.1, 0.15) is 6.42 Å². The van der Waals surface area contributed by atoms with Gasteiger partial charge in [0, 0.05) is 26.6 Å². The number of rotatable bonds is 5. The SMILES string of the molecule is COCCN1C[C@H](C(=O)Nc2ccccc2F)CC1=O. The summed E-state index contributed by atoms with van der Waals surface area (Å²) in [6, 6.07) is 5.97. The van der Waals surface area contributed by atoms with Gasteiger partial charge in [0.1, 0.15) is 5.82 Å². The zero-order valence-corrected chi connectivity index (χ0v) is 11.3. The number of benzene rings is 1. The van der Waals surface area contributed by atoms with Crippen molar-refractivity contribution < 1.29 is 18.7 Å². The lowest BCUT2D eigenvalue weighted by molar-refractivity contribution is -0.128. The van der Waals surface area contributed by atoms with Crippen LogP contribution in [0.2, 0.25) is 0 Å². The van der Waals surface area contributed by atoms with Crippen molar-refractivity contribution in [3.05, 3.63) is 30.1 Å². The quantitative estimate of drug-likeness (QED) is 0.883. The standard InChI is InChI=1S/C14H17FN2O3/c1-20-7-6-17-9-10(8-13(17)18)14(19)16-12-5-3-2-4-11(12)15/h2-5,10H,6-9H2,1H3,(H,16,19)/t10-/m1/s1. The predicted molar refractivity (Wildman–Crippen MR) is 71.6 cm³/mol. The number of para-hydroxylation sites is 1. The summed E-state index contributed by atoms with van der Waals surface area (Å²) in [7, 11) is 1.56. The van der Waals surface area contributed by atoms with Crippen LogP contribution in [-0.2, 0) is 14.3 Å². The van der Waals surface area contributed by atoms with Crippen molar-refractivity contribution in [1.82, 2.24) is 4.90 Å². The van der Waals surface area contributed by atoms with Crippen LogP contribution in [0.15, 0.2) is 24.3 Å². The zero-order valence-electron chi connectivity index (χ0n) is 11.3. The Labute approximate surface area is 116 Å². The average molecular weight is 280 g/mol. The molecule has 20 heavy (non-hydrogen) atoms. The largest absolute Gasteiger partial charge is 0.383 e. The lowest BCUT2D eigenvalue weighted by atomic mass is 10.1. The van der Waals surface area contributed by atoms with E-state index in [1.165, 1.54) is 12.1 Å². The van der Waals surface area contributed by atoms with Crippen molar-refractivity contribution in [2.75, 3.05) is 32.1 Å². The Morgan fingerprint density at radius 1 is 1.50 bits per heavy atom. The number of nitrogens with one attached hydrogen (secondary N) is 1. The highest BCUT2D eigenvalue weighted by Gasteiger charge is 2.34. The summed E-state index contributed by atoms with van der Waals surface area (Å²) < 4.78 is 18.4. The molecule has 0 aliphatic carbocycles. The first-order valence-corrected chi connectivity index (χ1v) is 6.44. The van der Waals surface area contributed by atoms with Gasteiger partial charge >= 0.3 is 0 Å². The predicted octanol–water partition coefficient (Wildman–Crippen LogP) is 1.26. The number of likely N-dealkylation sites (tertiary alicyclic amines) is 1. The number of hydrogen-bond acceptors (Lipinski definition) is 3. The van der Waals surface area contributed by atoms with E-state index in [1.54, 1.807) is 24.1 Å². The Morgan fingerprint density at radius 3 is 2.95 bits per heavy atom. The first-order valence-electron chi connectivity index (χ1n) is 6.44. The lowest BCUT2D eigenvalue weighted by Gasteiger charge is -2.15. The van der Waals surface area contributed by atoms with Crippen LogP contribution in [0.25, 0.3) is 0 Å². The van der Waals surface area contributed by atoms with E-state index in [1.807, 2.05) is 0 Å². The third-order valence-electron chi connectivity index (χ3n) is 3.28. The van der Waals surface area contributed by atoms with Crippen molar-refractivity contribution >= 4 is 17.5 Å². The molecular formula is C14H17FN2O3. The summed E-state index contributed by atoms with van der Waals surface area (Å²) in [5.74, 6) is -1.33. The van der Waals surface area contributed by atoms with Gasteiger partial charge in [-0.3, -0.25) is 9.59 Å². The smallest absolute Gasteiger partial charge is 0.229 e. The van der Waals surface area contributed by atoms with Crippen molar-refractivity contribution in [1.29, 1.82) is 0 Å². The maximum atomic E-state index is 13.4. The van der Waals surface area contributed by atoms with E-state index in [9.17, 15) is 14.0 Å². The molecule has 1 saturated heterocycles. The van der Waals surface area contributed by atoms with E-state index >= 15 is 0 Å². The van der Waals surface area contributed by atoms with Crippen molar-refractivity contribution in [3.8, 4) is 0 Å². The molecule has 5 nitrogen and oxygen atoms in total. The molecule has 6 heteroatoms. The summed E-state index contributed by atoms with van der Waals surface area (Å²) >= 11 is 0. The molecule has 2 amide bonds. The minimum absolute atomic E-state index is 0.0734. The molecule has 1 aromatic carbocycles. The second kappa shape index (κ2) is 6.47. The minimum Gasteiger partial charge on any atom is -0.383 e. The Balaban J connectivity index is 1.94. The molecule has 1 heterocycles. The minimum atomic E-state index is -0.485. The van der Waals surface area contributed by atoms with Crippen LogP contribution in [0.4, 0.5) is 10.1 Å². The molecule has 1 fully saturated rings. The molecule has 0 aromatic heterocycles. The number of anilines is 1. The number of methoxy groups -OCH3 is 1. The summed E-state index contributed by atoms with van der Waals surface area (Å²) in [5, 5.41) is 2.53. The maximum Gasteiger partial charge on any atom is 0.229 e. The average Bonchev–Trinajstić information content (AvgIpc) is 2.80. The van der Waals surface area contributed by atoms with E-state index in [4.69, 9.17) is 4.74 Å². The number of amides is 2. The Morgan fingerprint density at radius 2 is 2.25 bits per heavy atom. The first kappa shape index (κ1) is 14.5. The van der Waals surface area contributed by atoms with Gasteiger partial charge in [-0.15, -0.1) is 0 Å². The molecule has 1 atom stereocenters. The fraction of sp³-hybridized carbons (Fsp3) is 0.429. The van der Waals surface area contributed by atoms with Crippen LogP contribution >= 0.6 is 0 Å². The second-order valence-corrected chi connectivity index (χ2v) is 4.70. The van der Waals surface area contributed by atoms with E-state index in [-0.39, 0.29) is 23.9 Å². The van der Waals surface area contributed by atoms with E-state index in [2.05, 4.69) is 5.32 Å². The van der Waals surface area contributed by atoms with Crippen LogP contribution in [-0.4, -0.2) is 43.5 Å². The number of carbonyl (C=O) groups excluding carboxylic acids is 2. The lowest BCUT2D eigenvalue weighted by Crippen LogP contribution is -2.30. The normalized spacial score (nSPS) is 18.4. The molecule has 2 rings (SSSR count). The zero-order chi connectivity index (χ0) is 14.5. The molecule has 0 unspecified atom stereocenters. The van der Waals surface area contributed by atoms with Gasteiger partial charge in [0.25, 0.3) is 0 Å². The van der Waals surface area contributed by atoms with Crippen LogP contribution in [0.3, 0.4) is 0 Å². The number of carbonyl (C=O) groups is 2. The number of halogens is 1. The molecule has 0 saturated carbocycles. The van der Waals surface area contributed by atoms with E-state index in [0.717, 1.165) is 0 Å². The van der Waals surface area contributed by atoms with E-state index in [0.29, 0.717) is 19.7 Å². The molecule has 1 aliphatic heterocycles. The highest BCUT2D eigenvalue weighted by Crippen LogP contribution is 2.20. The Bertz CT molecular complexity index is 507. The summed E-state index contributed by atoms with van der Waals surface area (Å²) in [4.78, 5) is 25.4. The van der Waals surface area contributed by atoms with Gasteiger partial charge in [0.15, 0.2) is 0 Å². The summed E-state index contributed by atoms with van der Waals surface area (Å²) in [5.41, 5.74) is 0.139. The van der Waals surface area contributed by atoms with Crippen molar-refractivity contribution in [2.24, 2.45) is 5.92 Å². The highest BCUT2D eigenvalue weighted by molar-refractivity contribution is 5.97. The number of nitrogens with zero attached hydrogens (tertiary/aromatic N) is 1. The van der Waals surface area contributed by atoms with Gasteiger partial charge in [-0.25, -0.2) is 4.39 Å². The molecule has 1 N–H and O–H groups in total. The molecule has 108 valence electrons. The Hall–Kier alpha value is -1.95. The van der Waals surface area contributed by atoms with Gasteiger partial charge in [-0.2, -0.15) is 0 Å². The van der Waals surface area contributed by atoms with Crippen LogP contribution in [0.5, 0.6) is 0 Å². The fourth-order valence-corrected chi connectivity index (χ4v) is 2.16. The second-order valence-electron chi connectivity index (χ2n) is 4.70.